The van der Waals surface area contributed by atoms with E-state index in [9.17, 15) is 4.79 Å². The van der Waals surface area contributed by atoms with E-state index in [0.717, 1.165) is 47.9 Å². The number of aryl methyl sites for hydroxylation is 1. The first-order chi connectivity index (χ1) is 12.1. The van der Waals surface area contributed by atoms with Crippen molar-refractivity contribution in [1.29, 1.82) is 0 Å². The highest BCUT2D eigenvalue weighted by Crippen LogP contribution is 2.41. The molecule has 0 amide bonds. The van der Waals surface area contributed by atoms with E-state index in [4.69, 9.17) is 4.74 Å². The summed E-state index contributed by atoms with van der Waals surface area (Å²) in [5.41, 5.74) is 1.41. The molecule has 6 heteroatoms. The number of esters is 1. The zero-order valence-electron chi connectivity index (χ0n) is 15.2. The number of ether oxygens (including phenoxy) is 1. The summed E-state index contributed by atoms with van der Waals surface area (Å²) in [6.07, 6.45) is 8.22. The molecule has 0 N–H and O–H groups in total. The monoisotopic (exact) mass is 378 g/mol. The van der Waals surface area contributed by atoms with Crippen molar-refractivity contribution in [2.75, 3.05) is 6.61 Å². The van der Waals surface area contributed by atoms with Gasteiger partial charge in [-0.15, -0.1) is 11.3 Å². The number of thiophene rings is 1. The molecule has 25 heavy (non-hydrogen) atoms. The number of rotatable bonds is 7. The van der Waals surface area contributed by atoms with Crippen LogP contribution in [-0.4, -0.2) is 27.8 Å². The van der Waals surface area contributed by atoms with Crippen LogP contribution in [0.1, 0.15) is 56.9 Å². The van der Waals surface area contributed by atoms with Gasteiger partial charge in [-0.3, -0.25) is 4.79 Å². The maximum atomic E-state index is 12.2. The molecule has 136 valence electrons. The van der Waals surface area contributed by atoms with E-state index >= 15 is 0 Å². The maximum absolute atomic E-state index is 12.2. The number of unbranched alkanes of at least 4 members (excludes halogenated alkanes) is 2. The third kappa shape index (κ3) is 4.34. The Morgan fingerprint density at radius 3 is 3.08 bits per heavy atom. The summed E-state index contributed by atoms with van der Waals surface area (Å²) in [5.74, 6) is 0.590. The Balaban J connectivity index is 1.74. The third-order valence-electron chi connectivity index (χ3n) is 4.67. The molecular weight excluding hydrogens is 352 g/mol. The van der Waals surface area contributed by atoms with Crippen LogP contribution in [0.25, 0.3) is 10.2 Å². The largest absolute Gasteiger partial charge is 0.465 e. The standard InChI is InChI=1S/C19H26N2O2S2/c1-4-5-6-9-23-19(22)13(3)24-17-16-14-8-7-12(2)10-15(14)25-18(16)21-11-20-17/h11-13H,4-10H2,1-3H3/t12-,13-/m0/s1. The molecule has 2 heterocycles. The fourth-order valence-electron chi connectivity index (χ4n) is 3.19. The van der Waals surface area contributed by atoms with Gasteiger partial charge in [0.25, 0.3) is 0 Å². The maximum Gasteiger partial charge on any atom is 0.319 e. The first-order valence-electron chi connectivity index (χ1n) is 9.18. The van der Waals surface area contributed by atoms with Crippen molar-refractivity contribution < 1.29 is 9.53 Å². The molecule has 0 fully saturated rings. The average molecular weight is 379 g/mol. The highest BCUT2D eigenvalue weighted by molar-refractivity contribution is 8.00. The second-order valence-corrected chi connectivity index (χ2v) is 9.26. The number of carbonyl (C=O) groups is 1. The summed E-state index contributed by atoms with van der Waals surface area (Å²) in [6, 6.07) is 0. The molecule has 1 aliphatic rings. The molecule has 0 aromatic carbocycles. The number of hydrogen-bond donors (Lipinski definition) is 0. The van der Waals surface area contributed by atoms with Crippen LogP contribution in [0.3, 0.4) is 0 Å². The molecule has 0 saturated carbocycles. The molecule has 4 nitrogen and oxygen atoms in total. The predicted octanol–water partition coefficient (Wildman–Crippen LogP) is 5.03. The zero-order valence-corrected chi connectivity index (χ0v) is 16.8. The Hall–Kier alpha value is -1.14. The van der Waals surface area contributed by atoms with Gasteiger partial charge >= 0.3 is 5.97 Å². The number of fused-ring (bicyclic) bond motifs is 3. The number of carbonyl (C=O) groups excluding carboxylic acids is 1. The fraction of sp³-hybridized carbons (Fsp3) is 0.632. The summed E-state index contributed by atoms with van der Waals surface area (Å²) in [7, 11) is 0. The summed E-state index contributed by atoms with van der Waals surface area (Å²) in [4.78, 5) is 23.7. The summed E-state index contributed by atoms with van der Waals surface area (Å²) < 4.78 is 5.40. The minimum absolute atomic E-state index is 0.148. The number of nitrogens with zero attached hydrogens (tertiary/aromatic N) is 2. The van der Waals surface area contributed by atoms with Crippen molar-refractivity contribution in [1.82, 2.24) is 9.97 Å². The Kier molecular flexibility index (Phi) is 6.34. The Labute approximate surface area is 157 Å². The lowest BCUT2D eigenvalue weighted by Gasteiger charge is -2.18. The molecule has 3 rings (SSSR count). The molecule has 0 unspecified atom stereocenters. The van der Waals surface area contributed by atoms with Crippen molar-refractivity contribution >= 4 is 39.3 Å². The van der Waals surface area contributed by atoms with Gasteiger partial charge in [-0.2, -0.15) is 0 Å². The average Bonchev–Trinajstić information content (AvgIpc) is 2.96. The van der Waals surface area contributed by atoms with Crippen LogP contribution in [0.2, 0.25) is 0 Å². The van der Waals surface area contributed by atoms with E-state index in [1.54, 1.807) is 17.7 Å². The van der Waals surface area contributed by atoms with Crippen LogP contribution >= 0.6 is 23.1 Å². The van der Waals surface area contributed by atoms with Gasteiger partial charge in [-0.05, 0) is 44.1 Å². The van der Waals surface area contributed by atoms with Crippen LogP contribution in [0.5, 0.6) is 0 Å². The Bertz CT molecular complexity index is 744. The predicted molar refractivity (Wildman–Crippen MR) is 104 cm³/mol. The molecule has 0 spiro atoms. The highest BCUT2D eigenvalue weighted by Gasteiger charge is 2.25. The molecule has 1 aliphatic carbocycles. The molecule has 0 bridgehead atoms. The number of thioether (sulfide) groups is 1. The lowest BCUT2D eigenvalue weighted by atomic mass is 9.89. The van der Waals surface area contributed by atoms with Crippen molar-refractivity contribution in [3.63, 3.8) is 0 Å². The van der Waals surface area contributed by atoms with Crippen LogP contribution in [0.4, 0.5) is 0 Å². The number of hydrogen-bond acceptors (Lipinski definition) is 6. The fourth-order valence-corrected chi connectivity index (χ4v) is 5.55. The van der Waals surface area contributed by atoms with E-state index in [-0.39, 0.29) is 11.2 Å². The Morgan fingerprint density at radius 1 is 1.44 bits per heavy atom. The van der Waals surface area contributed by atoms with Crippen LogP contribution < -0.4 is 0 Å². The molecule has 2 aromatic heterocycles. The quantitative estimate of drug-likeness (QED) is 0.293. The van der Waals surface area contributed by atoms with E-state index in [1.165, 1.54) is 34.0 Å². The second-order valence-electron chi connectivity index (χ2n) is 6.85. The van der Waals surface area contributed by atoms with Gasteiger partial charge in [0.1, 0.15) is 21.4 Å². The number of aromatic nitrogens is 2. The Morgan fingerprint density at radius 2 is 2.28 bits per heavy atom. The van der Waals surface area contributed by atoms with Gasteiger partial charge in [0.15, 0.2) is 0 Å². The summed E-state index contributed by atoms with van der Waals surface area (Å²) in [5, 5.41) is 1.85. The first-order valence-corrected chi connectivity index (χ1v) is 10.9. The van der Waals surface area contributed by atoms with Crippen molar-refractivity contribution in [2.45, 2.75) is 69.6 Å². The lowest BCUT2D eigenvalue weighted by Crippen LogP contribution is -2.18. The van der Waals surface area contributed by atoms with Crippen LogP contribution in [-0.2, 0) is 22.4 Å². The van der Waals surface area contributed by atoms with Gasteiger partial charge in [0.05, 0.1) is 6.61 Å². The minimum Gasteiger partial charge on any atom is -0.465 e. The minimum atomic E-state index is -0.252. The molecule has 2 atom stereocenters. The normalized spacial score (nSPS) is 18.1. The smallest absolute Gasteiger partial charge is 0.319 e. The van der Waals surface area contributed by atoms with Gasteiger partial charge in [0.2, 0.25) is 0 Å². The van der Waals surface area contributed by atoms with Gasteiger partial charge in [-0.25, -0.2) is 9.97 Å². The molecule has 0 aliphatic heterocycles. The first kappa shape index (κ1) is 18.6. The highest BCUT2D eigenvalue weighted by atomic mass is 32.2. The third-order valence-corrected chi connectivity index (χ3v) is 6.91. The van der Waals surface area contributed by atoms with E-state index in [0.29, 0.717) is 6.61 Å². The molecule has 0 saturated heterocycles. The van der Waals surface area contributed by atoms with E-state index in [1.807, 2.05) is 6.92 Å². The SMILES string of the molecule is CCCCCOC(=O)[C@H](C)Sc1ncnc2sc3c(c12)CC[C@H](C)C3. The van der Waals surface area contributed by atoms with Crippen LogP contribution in [0.15, 0.2) is 11.4 Å². The van der Waals surface area contributed by atoms with Gasteiger partial charge in [-0.1, -0.05) is 38.5 Å². The summed E-state index contributed by atoms with van der Waals surface area (Å²) >= 11 is 3.30. The topological polar surface area (TPSA) is 52.1 Å². The van der Waals surface area contributed by atoms with Gasteiger partial charge < -0.3 is 4.74 Å². The van der Waals surface area contributed by atoms with Crippen LogP contribution in [0, 0.1) is 5.92 Å². The molecule has 2 aromatic rings. The lowest BCUT2D eigenvalue weighted by molar-refractivity contribution is -0.142. The second kappa shape index (κ2) is 8.49. The van der Waals surface area contributed by atoms with E-state index in [2.05, 4.69) is 23.8 Å². The van der Waals surface area contributed by atoms with Crippen molar-refractivity contribution in [3.05, 3.63) is 16.8 Å². The van der Waals surface area contributed by atoms with E-state index < -0.39 is 0 Å². The van der Waals surface area contributed by atoms with Gasteiger partial charge in [0, 0.05) is 10.3 Å². The zero-order chi connectivity index (χ0) is 17.8. The summed E-state index contributed by atoms with van der Waals surface area (Å²) in [6.45, 7) is 6.87. The van der Waals surface area contributed by atoms with Crippen molar-refractivity contribution in [3.8, 4) is 0 Å². The molecular formula is C19H26N2O2S2. The molecule has 0 radical (unpaired) electrons. The van der Waals surface area contributed by atoms with Crippen molar-refractivity contribution in [2.24, 2.45) is 5.92 Å².